The number of aromatic nitrogens is 1. The maximum absolute atomic E-state index is 13.3. The summed E-state index contributed by atoms with van der Waals surface area (Å²) in [5.41, 5.74) is 8.29. The van der Waals surface area contributed by atoms with Crippen molar-refractivity contribution in [3.05, 3.63) is 58.8 Å². The molecule has 0 bridgehead atoms. The number of nitrogens with one attached hydrogen (secondary N) is 1. The Morgan fingerprint density at radius 1 is 1.31 bits per heavy atom. The molecule has 1 fully saturated rings. The summed E-state index contributed by atoms with van der Waals surface area (Å²) >= 11 is 0. The Hall–Kier alpha value is -3.57. The zero-order valence-electron chi connectivity index (χ0n) is 20.1. The average molecular weight is 475 g/mol. The van der Waals surface area contributed by atoms with Crippen molar-refractivity contribution in [2.75, 3.05) is 13.2 Å². The molecular formula is C27H30N4O4. The Morgan fingerprint density at radius 2 is 2.11 bits per heavy atom. The van der Waals surface area contributed by atoms with Crippen LogP contribution in [0, 0.1) is 16.7 Å². The molecule has 2 aromatic rings. The molecule has 2 aliphatic heterocycles. The Bertz CT molecular complexity index is 1300. The van der Waals surface area contributed by atoms with Crippen LogP contribution in [0.3, 0.4) is 0 Å². The Balaban J connectivity index is 1.53. The summed E-state index contributed by atoms with van der Waals surface area (Å²) < 4.78 is 13.3. The highest BCUT2D eigenvalue weighted by molar-refractivity contribution is 6.01. The molecule has 2 unspecified atom stereocenters. The van der Waals surface area contributed by atoms with Gasteiger partial charge in [-0.25, -0.2) is 0 Å². The quantitative estimate of drug-likeness (QED) is 0.686. The molecule has 0 spiro atoms. The highest BCUT2D eigenvalue weighted by Gasteiger charge is 2.43. The van der Waals surface area contributed by atoms with Gasteiger partial charge in [0.1, 0.15) is 23.9 Å². The summed E-state index contributed by atoms with van der Waals surface area (Å²) in [6.45, 7) is 5.39. The summed E-state index contributed by atoms with van der Waals surface area (Å²) in [4.78, 5) is 26.1. The number of nitrogens with two attached hydrogens (primary N) is 1. The molecule has 1 aromatic heterocycles. The second-order valence-corrected chi connectivity index (χ2v) is 10.4. The number of fused-ring (bicyclic) bond motifs is 1. The topological polar surface area (TPSA) is 119 Å². The van der Waals surface area contributed by atoms with Crippen LogP contribution >= 0.6 is 0 Å². The second kappa shape index (κ2) is 8.90. The van der Waals surface area contributed by atoms with Crippen LogP contribution in [0.15, 0.2) is 53.3 Å². The van der Waals surface area contributed by atoms with E-state index in [1.165, 1.54) is 0 Å². The van der Waals surface area contributed by atoms with Gasteiger partial charge < -0.3 is 25.1 Å². The van der Waals surface area contributed by atoms with Gasteiger partial charge in [0, 0.05) is 48.7 Å². The summed E-state index contributed by atoms with van der Waals surface area (Å²) in [7, 11) is 0. The first-order valence-electron chi connectivity index (χ1n) is 12.1. The van der Waals surface area contributed by atoms with Crippen molar-refractivity contribution in [1.82, 2.24) is 9.88 Å². The molecule has 1 aliphatic carbocycles. The first kappa shape index (κ1) is 23.2. The second-order valence-electron chi connectivity index (χ2n) is 10.4. The number of allylic oxidation sites excluding steroid dienone is 3. The molecule has 8 nitrogen and oxygen atoms in total. The van der Waals surface area contributed by atoms with Crippen LogP contribution in [-0.4, -0.2) is 35.5 Å². The zero-order chi connectivity index (χ0) is 24.7. The third-order valence-corrected chi connectivity index (χ3v) is 7.07. The minimum Gasteiger partial charge on any atom is -0.444 e. The van der Waals surface area contributed by atoms with Gasteiger partial charge in [0.2, 0.25) is 11.8 Å². The number of carbonyl (C=O) groups is 2. The Kier molecular flexibility index (Phi) is 5.89. The van der Waals surface area contributed by atoms with E-state index in [4.69, 9.17) is 15.2 Å². The zero-order valence-corrected chi connectivity index (χ0v) is 20.1. The lowest BCUT2D eigenvalue weighted by atomic mass is 9.70. The van der Waals surface area contributed by atoms with Crippen LogP contribution in [0.25, 0.3) is 10.9 Å². The van der Waals surface area contributed by atoms with Crippen LogP contribution < -0.4 is 11.1 Å². The van der Waals surface area contributed by atoms with Crippen molar-refractivity contribution < 1.29 is 19.1 Å². The number of Topliss-reactive ketones (excluding diaryl/α,β-unsaturated/α-hetero) is 1. The number of nitriles is 1. The molecule has 182 valence electrons. The molecule has 1 saturated heterocycles. The van der Waals surface area contributed by atoms with Gasteiger partial charge in [0.15, 0.2) is 5.78 Å². The summed E-state index contributed by atoms with van der Waals surface area (Å²) in [5.74, 6) is -0.210. The van der Waals surface area contributed by atoms with Gasteiger partial charge in [-0.3, -0.25) is 9.59 Å². The van der Waals surface area contributed by atoms with E-state index < -0.39 is 5.92 Å². The van der Waals surface area contributed by atoms with Crippen molar-refractivity contribution in [2.24, 2.45) is 11.1 Å². The van der Waals surface area contributed by atoms with E-state index in [1.807, 2.05) is 48.9 Å². The molecule has 2 atom stereocenters. The largest absolute Gasteiger partial charge is 0.444 e. The molecule has 1 aromatic carbocycles. The molecule has 0 saturated carbocycles. The molecule has 35 heavy (non-hydrogen) atoms. The van der Waals surface area contributed by atoms with E-state index in [1.54, 1.807) is 0 Å². The van der Waals surface area contributed by atoms with Gasteiger partial charge in [-0.15, -0.1) is 0 Å². The minimum atomic E-state index is -0.631. The van der Waals surface area contributed by atoms with E-state index in [9.17, 15) is 14.9 Å². The third kappa shape index (κ3) is 4.32. The van der Waals surface area contributed by atoms with Gasteiger partial charge in [-0.1, -0.05) is 32.0 Å². The van der Waals surface area contributed by atoms with Crippen LogP contribution in [0.2, 0.25) is 0 Å². The number of hydrogen-bond donors (Lipinski definition) is 2. The highest BCUT2D eigenvalue weighted by Crippen LogP contribution is 2.49. The maximum atomic E-state index is 13.3. The number of nitrogens with zero attached hydrogens (tertiary/aromatic N) is 2. The number of amides is 1. The average Bonchev–Trinajstić information content (AvgIpc) is 3.44. The van der Waals surface area contributed by atoms with E-state index in [-0.39, 0.29) is 41.2 Å². The van der Waals surface area contributed by atoms with Crippen LogP contribution in [0.1, 0.15) is 51.0 Å². The lowest BCUT2D eigenvalue weighted by Crippen LogP contribution is -2.34. The van der Waals surface area contributed by atoms with Gasteiger partial charge in [0.25, 0.3) is 0 Å². The number of ether oxygens (including phenoxy) is 2. The predicted octanol–water partition coefficient (Wildman–Crippen LogP) is 3.39. The van der Waals surface area contributed by atoms with Crippen molar-refractivity contribution >= 4 is 22.6 Å². The first-order valence-corrected chi connectivity index (χ1v) is 12.1. The fourth-order valence-electron chi connectivity index (χ4n) is 5.48. The standard InChI is InChI=1S/C27H30N4O4/c1-27(2)10-21(32)25-22(11-27)35-26(29)18(12-28)24(25)19-14-31(20-8-4-3-7-17(19)20)15-23(33)30-13-16-6-5-9-34-16/h3-4,7-8,14,16,24H,5-6,9-11,13,15,29H2,1-2H3,(H,30,33). The summed E-state index contributed by atoms with van der Waals surface area (Å²) in [5, 5.41) is 13.8. The van der Waals surface area contributed by atoms with Crippen molar-refractivity contribution in [3.8, 4) is 6.07 Å². The van der Waals surface area contributed by atoms with E-state index in [0.717, 1.165) is 35.9 Å². The number of hydrogen-bond acceptors (Lipinski definition) is 6. The Labute approximate surface area is 204 Å². The highest BCUT2D eigenvalue weighted by atomic mass is 16.5. The number of rotatable bonds is 5. The fourth-order valence-corrected chi connectivity index (χ4v) is 5.48. The predicted molar refractivity (Wildman–Crippen MR) is 130 cm³/mol. The van der Waals surface area contributed by atoms with E-state index in [2.05, 4.69) is 11.4 Å². The summed E-state index contributed by atoms with van der Waals surface area (Å²) in [6, 6.07) is 9.89. The number of ketones is 1. The van der Waals surface area contributed by atoms with E-state index >= 15 is 0 Å². The maximum Gasteiger partial charge on any atom is 0.240 e. The van der Waals surface area contributed by atoms with Gasteiger partial charge in [-0.05, 0) is 29.9 Å². The molecule has 5 rings (SSSR count). The number of carbonyl (C=O) groups excluding carboxylic acids is 2. The smallest absolute Gasteiger partial charge is 0.240 e. The molecule has 1 amide bonds. The third-order valence-electron chi connectivity index (χ3n) is 7.07. The lowest BCUT2D eigenvalue weighted by molar-refractivity contribution is -0.122. The van der Waals surface area contributed by atoms with Crippen LogP contribution in [0.5, 0.6) is 0 Å². The van der Waals surface area contributed by atoms with Crippen LogP contribution in [0.4, 0.5) is 0 Å². The molecule has 3 aliphatic rings. The number of para-hydroxylation sites is 1. The molecule has 3 N–H and O–H groups in total. The van der Waals surface area contributed by atoms with Gasteiger partial charge in [-0.2, -0.15) is 5.26 Å². The lowest BCUT2D eigenvalue weighted by Gasteiger charge is -2.37. The first-order chi connectivity index (χ1) is 16.8. The van der Waals surface area contributed by atoms with Crippen molar-refractivity contribution in [3.63, 3.8) is 0 Å². The van der Waals surface area contributed by atoms with Crippen molar-refractivity contribution in [2.45, 2.75) is 58.1 Å². The van der Waals surface area contributed by atoms with Crippen LogP contribution in [-0.2, 0) is 25.6 Å². The molecule has 3 heterocycles. The SMILES string of the molecule is CC1(C)CC(=O)C2=C(C1)OC(N)=C(C#N)C2c1cn(CC(=O)NCC2CCCO2)c2ccccc12. The number of benzene rings is 1. The Morgan fingerprint density at radius 3 is 2.86 bits per heavy atom. The summed E-state index contributed by atoms with van der Waals surface area (Å²) in [6.07, 6.45) is 4.84. The van der Waals surface area contributed by atoms with Gasteiger partial charge >= 0.3 is 0 Å². The molecular weight excluding hydrogens is 444 g/mol. The van der Waals surface area contributed by atoms with E-state index in [0.29, 0.717) is 30.7 Å². The fraction of sp³-hybridized carbons (Fsp3) is 0.444. The van der Waals surface area contributed by atoms with Crippen molar-refractivity contribution in [1.29, 1.82) is 5.26 Å². The monoisotopic (exact) mass is 474 g/mol. The van der Waals surface area contributed by atoms with Gasteiger partial charge in [0.05, 0.1) is 12.0 Å². The molecule has 0 radical (unpaired) electrons. The molecule has 8 heteroatoms. The minimum absolute atomic E-state index is 0.0346. The normalized spacial score (nSPS) is 23.7.